The maximum Gasteiger partial charge on any atom is 0.319 e. The highest BCUT2D eigenvalue weighted by atomic mass is 16.3. The van der Waals surface area contributed by atoms with E-state index in [4.69, 9.17) is 0 Å². The number of phenolic OH excluding ortho intramolecular Hbond substituents is 1. The predicted molar refractivity (Wildman–Crippen MR) is 96.7 cm³/mol. The van der Waals surface area contributed by atoms with Gasteiger partial charge in [0, 0.05) is 31.0 Å². The summed E-state index contributed by atoms with van der Waals surface area (Å²) in [6.07, 6.45) is 3.19. The van der Waals surface area contributed by atoms with Crippen LogP contribution in [-0.2, 0) is 6.42 Å². The van der Waals surface area contributed by atoms with Crippen LogP contribution in [0, 0.1) is 0 Å². The molecule has 1 saturated heterocycles. The number of amides is 2. The van der Waals surface area contributed by atoms with Crippen LogP contribution in [0.5, 0.6) is 5.75 Å². The standard InChI is InChI=1S/C19H23N3O2/c23-18-8-6-15(7-9-18)10-11-20-19(24)21-16-4-3-5-17(14-16)22-12-1-2-13-22/h3-9,14,23H,1-2,10-13H2,(H2,20,21,24). The molecule has 0 radical (unpaired) electrons. The molecule has 0 spiro atoms. The van der Waals surface area contributed by atoms with E-state index in [1.807, 2.05) is 30.3 Å². The monoisotopic (exact) mass is 325 g/mol. The third kappa shape index (κ3) is 4.41. The summed E-state index contributed by atoms with van der Waals surface area (Å²) in [5.74, 6) is 0.252. The lowest BCUT2D eigenvalue weighted by molar-refractivity contribution is 0.252. The minimum absolute atomic E-state index is 0.202. The number of benzene rings is 2. The number of rotatable bonds is 5. The number of nitrogens with zero attached hydrogens (tertiary/aromatic N) is 1. The molecule has 24 heavy (non-hydrogen) atoms. The van der Waals surface area contributed by atoms with Gasteiger partial charge in [-0.25, -0.2) is 4.79 Å². The van der Waals surface area contributed by atoms with Crippen LogP contribution in [0.2, 0.25) is 0 Å². The Morgan fingerprint density at radius 3 is 2.58 bits per heavy atom. The van der Waals surface area contributed by atoms with Gasteiger partial charge in [-0.1, -0.05) is 18.2 Å². The average molecular weight is 325 g/mol. The minimum atomic E-state index is -0.202. The first-order chi connectivity index (χ1) is 11.7. The number of nitrogens with one attached hydrogen (secondary N) is 2. The molecule has 1 fully saturated rings. The maximum atomic E-state index is 12.0. The molecule has 0 aliphatic carbocycles. The molecule has 0 saturated carbocycles. The fourth-order valence-electron chi connectivity index (χ4n) is 2.91. The molecule has 1 heterocycles. The zero-order chi connectivity index (χ0) is 16.8. The highest BCUT2D eigenvalue weighted by Crippen LogP contribution is 2.23. The van der Waals surface area contributed by atoms with E-state index in [1.165, 1.54) is 12.8 Å². The molecule has 2 aromatic carbocycles. The van der Waals surface area contributed by atoms with Gasteiger partial charge < -0.3 is 20.6 Å². The van der Waals surface area contributed by atoms with Crippen molar-refractivity contribution in [2.75, 3.05) is 29.9 Å². The molecular formula is C19H23N3O2. The van der Waals surface area contributed by atoms with Gasteiger partial charge in [-0.3, -0.25) is 0 Å². The van der Waals surface area contributed by atoms with Crippen LogP contribution in [0.15, 0.2) is 48.5 Å². The van der Waals surface area contributed by atoms with Gasteiger partial charge in [0.05, 0.1) is 0 Å². The molecule has 0 atom stereocenters. The van der Waals surface area contributed by atoms with E-state index in [0.29, 0.717) is 6.54 Å². The van der Waals surface area contributed by atoms with E-state index < -0.39 is 0 Å². The molecule has 2 aromatic rings. The Labute approximate surface area is 142 Å². The molecular weight excluding hydrogens is 302 g/mol. The second-order valence-corrected chi connectivity index (χ2v) is 6.04. The van der Waals surface area contributed by atoms with Crippen molar-refractivity contribution in [3.05, 3.63) is 54.1 Å². The minimum Gasteiger partial charge on any atom is -0.508 e. The summed E-state index contributed by atoms with van der Waals surface area (Å²) in [7, 11) is 0. The molecule has 5 nitrogen and oxygen atoms in total. The van der Waals surface area contributed by atoms with Crippen LogP contribution in [-0.4, -0.2) is 30.8 Å². The van der Waals surface area contributed by atoms with Crippen LogP contribution < -0.4 is 15.5 Å². The van der Waals surface area contributed by atoms with E-state index in [-0.39, 0.29) is 11.8 Å². The van der Waals surface area contributed by atoms with Crippen LogP contribution in [0.1, 0.15) is 18.4 Å². The zero-order valence-corrected chi connectivity index (χ0v) is 13.7. The Bertz CT molecular complexity index is 679. The zero-order valence-electron chi connectivity index (χ0n) is 13.7. The molecule has 0 bridgehead atoms. The van der Waals surface area contributed by atoms with Crippen molar-refractivity contribution in [1.29, 1.82) is 0 Å². The van der Waals surface area contributed by atoms with Crippen molar-refractivity contribution in [2.45, 2.75) is 19.3 Å². The van der Waals surface area contributed by atoms with E-state index in [2.05, 4.69) is 21.6 Å². The summed E-state index contributed by atoms with van der Waals surface area (Å²) in [6.45, 7) is 2.72. The first-order valence-electron chi connectivity index (χ1n) is 8.38. The fraction of sp³-hybridized carbons (Fsp3) is 0.316. The molecule has 1 aliphatic heterocycles. The van der Waals surface area contributed by atoms with Crippen LogP contribution in [0.3, 0.4) is 0 Å². The molecule has 126 valence electrons. The highest BCUT2D eigenvalue weighted by molar-refractivity contribution is 5.89. The van der Waals surface area contributed by atoms with Crippen molar-refractivity contribution >= 4 is 17.4 Å². The van der Waals surface area contributed by atoms with Crippen molar-refractivity contribution < 1.29 is 9.90 Å². The van der Waals surface area contributed by atoms with Gasteiger partial charge in [0.1, 0.15) is 5.75 Å². The Balaban J connectivity index is 1.47. The molecule has 0 unspecified atom stereocenters. The Hall–Kier alpha value is -2.69. The van der Waals surface area contributed by atoms with E-state index >= 15 is 0 Å². The molecule has 3 N–H and O–H groups in total. The predicted octanol–water partition coefficient (Wildman–Crippen LogP) is 3.36. The van der Waals surface area contributed by atoms with E-state index in [1.54, 1.807) is 12.1 Å². The number of aromatic hydroxyl groups is 1. The van der Waals surface area contributed by atoms with Crippen molar-refractivity contribution in [3.63, 3.8) is 0 Å². The average Bonchev–Trinajstić information content (AvgIpc) is 3.11. The number of urea groups is 1. The van der Waals surface area contributed by atoms with Crippen molar-refractivity contribution in [2.24, 2.45) is 0 Å². The molecule has 5 heteroatoms. The number of hydrogen-bond acceptors (Lipinski definition) is 3. The fourth-order valence-corrected chi connectivity index (χ4v) is 2.91. The Kier molecular flexibility index (Phi) is 5.21. The topological polar surface area (TPSA) is 64.6 Å². The number of phenols is 1. The number of carbonyl (C=O) groups excluding carboxylic acids is 1. The van der Waals surface area contributed by atoms with Crippen molar-refractivity contribution in [3.8, 4) is 5.75 Å². The lowest BCUT2D eigenvalue weighted by atomic mass is 10.1. The number of hydrogen-bond donors (Lipinski definition) is 3. The van der Waals surface area contributed by atoms with Gasteiger partial charge >= 0.3 is 6.03 Å². The third-order valence-corrected chi connectivity index (χ3v) is 4.21. The number of carbonyl (C=O) groups is 1. The normalized spacial score (nSPS) is 13.8. The maximum absolute atomic E-state index is 12.0. The van der Waals surface area contributed by atoms with Gasteiger partial charge in [0.15, 0.2) is 0 Å². The van der Waals surface area contributed by atoms with Gasteiger partial charge in [-0.05, 0) is 55.2 Å². The smallest absolute Gasteiger partial charge is 0.319 e. The Morgan fingerprint density at radius 1 is 1.08 bits per heavy atom. The lowest BCUT2D eigenvalue weighted by Gasteiger charge is -2.18. The third-order valence-electron chi connectivity index (χ3n) is 4.21. The van der Waals surface area contributed by atoms with Crippen LogP contribution >= 0.6 is 0 Å². The summed E-state index contributed by atoms with van der Waals surface area (Å²) < 4.78 is 0. The van der Waals surface area contributed by atoms with Gasteiger partial charge in [-0.15, -0.1) is 0 Å². The first-order valence-corrected chi connectivity index (χ1v) is 8.38. The van der Waals surface area contributed by atoms with Gasteiger partial charge in [0.25, 0.3) is 0 Å². The van der Waals surface area contributed by atoms with Gasteiger partial charge in [-0.2, -0.15) is 0 Å². The summed E-state index contributed by atoms with van der Waals surface area (Å²) in [5, 5.41) is 15.0. The second kappa shape index (κ2) is 7.73. The largest absolute Gasteiger partial charge is 0.508 e. The molecule has 2 amide bonds. The second-order valence-electron chi connectivity index (χ2n) is 6.04. The SMILES string of the molecule is O=C(NCCc1ccc(O)cc1)Nc1cccc(N2CCCC2)c1. The molecule has 3 rings (SSSR count). The van der Waals surface area contributed by atoms with E-state index in [0.717, 1.165) is 36.4 Å². The number of anilines is 2. The first kappa shape index (κ1) is 16.2. The van der Waals surface area contributed by atoms with E-state index in [9.17, 15) is 9.90 Å². The summed E-state index contributed by atoms with van der Waals surface area (Å²) in [6, 6.07) is 14.8. The van der Waals surface area contributed by atoms with Gasteiger partial charge in [0.2, 0.25) is 0 Å². The Morgan fingerprint density at radius 2 is 1.83 bits per heavy atom. The van der Waals surface area contributed by atoms with Crippen LogP contribution in [0.25, 0.3) is 0 Å². The molecule has 1 aliphatic rings. The highest BCUT2D eigenvalue weighted by Gasteiger charge is 2.12. The summed E-state index contributed by atoms with van der Waals surface area (Å²) >= 11 is 0. The summed E-state index contributed by atoms with van der Waals surface area (Å²) in [5.41, 5.74) is 3.04. The molecule has 0 aromatic heterocycles. The summed E-state index contributed by atoms with van der Waals surface area (Å²) in [4.78, 5) is 14.4. The lowest BCUT2D eigenvalue weighted by Crippen LogP contribution is -2.30. The van der Waals surface area contributed by atoms with Crippen LogP contribution in [0.4, 0.5) is 16.2 Å². The van der Waals surface area contributed by atoms with Crippen molar-refractivity contribution in [1.82, 2.24) is 5.32 Å². The quantitative estimate of drug-likeness (QED) is 0.790.